The smallest absolute Gasteiger partial charge is 0.420 e. The highest BCUT2D eigenvalue weighted by Gasteiger charge is 2.15. The number of hydrogen-bond acceptors (Lipinski definition) is 12. The normalized spacial score (nSPS) is 11.0. The number of nitrogens with one attached hydrogen (secondary N) is 2. The molecule has 0 saturated heterocycles. The van der Waals surface area contributed by atoms with Crippen LogP contribution >= 0.6 is 0 Å². The third-order valence-corrected chi connectivity index (χ3v) is 8.14. The van der Waals surface area contributed by atoms with Crippen LogP contribution in [0.25, 0.3) is 22.0 Å². The summed E-state index contributed by atoms with van der Waals surface area (Å²) in [5.41, 5.74) is 4.96. The molecule has 1 amide bonds. The highest BCUT2D eigenvalue weighted by Crippen LogP contribution is 2.35. The van der Waals surface area contributed by atoms with Crippen LogP contribution in [0.3, 0.4) is 0 Å². The number of aryl methyl sites for hydroxylation is 1. The van der Waals surface area contributed by atoms with Crippen LogP contribution < -0.4 is 30.6 Å². The third-order valence-electron chi connectivity index (χ3n) is 8.14. The lowest BCUT2D eigenvalue weighted by atomic mass is 10.2. The average molecular weight is 734 g/mol. The molecular formula is C40H39N5O9. The lowest BCUT2D eigenvalue weighted by Gasteiger charge is -2.15. The number of phenolic OH excluding ortho intramolecular Hbond substituents is 1. The third kappa shape index (κ3) is 9.45. The van der Waals surface area contributed by atoms with E-state index >= 15 is 0 Å². The maximum Gasteiger partial charge on any atom is 0.420 e. The summed E-state index contributed by atoms with van der Waals surface area (Å²) >= 11 is 0. The van der Waals surface area contributed by atoms with Crippen molar-refractivity contribution in [1.82, 2.24) is 19.9 Å². The van der Waals surface area contributed by atoms with Crippen LogP contribution in [0.4, 0.5) is 11.5 Å². The summed E-state index contributed by atoms with van der Waals surface area (Å²) < 4.78 is 35.1. The molecular weight excluding hydrogens is 694 g/mol. The Kier molecular flexibility index (Phi) is 12.2. The molecule has 0 aliphatic carbocycles. The lowest BCUT2D eigenvalue weighted by Crippen LogP contribution is -2.32. The first-order valence-corrected chi connectivity index (χ1v) is 17.1. The van der Waals surface area contributed by atoms with Crippen LogP contribution in [-0.2, 0) is 20.8 Å². The summed E-state index contributed by atoms with van der Waals surface area (Å²) in [6, 6.07) is 21.3. The van der Waals surface area contributed by atoms with Gasteiger partial charge in [-0.25, -0.2) is 14.8 Å². The van der Waals surface area contributed by atoms with Gasteiger partial charge in [0.05, 0.1) is 37.4 Å². The maximum absolute atomic E-state index is 12.4. The number of rotatable bonds is 18. The number of anilines is 2. The minimum absolute atomic E-state index is 0.134. The zero-order valence-corrected chi connectivity index (χ0v) is 29.8. The zero-order valence-electron chi connectivity index (χ0n) is 29.8. The molecule has 14 nitrogen and oxygen atoms in total. The number of aromatic nitrogens is 3. The van der Waals surface area contributed by atoms with Crippen molar-refractivity contribution in [2.45, 2.75) is 13.5 Å². The molecule has 278 valence electrons. The molecule has 0 bridgehead atoms. The van der Waals surface area contributed by atoms with E-state index in [1.54, 1.807) is 37.4 Å². The number of aromatic hydroxyl groups is 1. The standard InChI is InChI=1S/C40H39N5O9/c1-4-27-6-5-7-29(19-27)44-39-30-21-36(37(51-16-14-49-3)22-31(30)42-25-43-39)52-17-15-50-13-12-41-38(47)24-53-35-11-9-28(20-33(35)46)23-45-32-18-26(2)8-10-34(32)54-40(45)48/h1,5-11,18-22,25,46H,12-17,23-24H2,2-3H3,(H,41,47)(H,42,43,44). The quantitative estimate of drug-likeness (QED) is 0.0805. The van der Waals surface area contributed by atoms with E-state index in [1.807, 2.05) is 43.3 Å². The van der Waals surface area contributed by atoms with Crippen LogP contribution in [0.15, 0.2) is 88.3 Å². The number of phenols is 1. The molecule has 3 N–H and O–H groups in total. The number of amides is 1. The molecule has 54 heavy (non-hydrogen) atoms. The minimum atomic E-state index is -0.492. The number of hydrogen-bond donors (Lipinski definition) is 3. The largest absolute Gasteiger partial charge is 0.504 e. The number of benzene rings is 4. The Hall–Kier alpha value is -6.56. The monoisotopic (exact) mass is 733 g/mol. The number of oxazole rings is 1. The number of carbonyl (C=O) groups excluding carboxylic acids is 1. The first kappa shape index (κ1) is 37.2. The summed E-state index contributed by atoms with van der Waals surface area (Å²) in [6.45, 7) is 3.39. The second-order valence-corrected chi connectivity index (χ2v) is 12.1. The van der Waals surface area contributed by atoms with Crippen molar-refractivity contribution >= 4 is 39.4 Å². The zero-order chi connectivity index (χ0) is 37.9. The van der Waals surface area contributed by atoms with Crippen molar-refractivity contribution in [1.29, 1.82) is 0 Å². The van der Waals surface area contributed by atoms with E-state index in [4.69, 9.17) is 34.5 Å². The molecule has 0 saturated carbocycles. The second-order valence-electron chi connectivity index (χ2n) is 12.1. The molecule has 14 heteroatoms. The Morgan fingerprint density at radius 3 is 2.57 bits per heavy atom. The van der Waals surface area contributed by atoms with Crippen LogP contribution in [0.5, 0.6) is 23.0 Å². The minimum Gasteiger partial charge on any atom is -0.504 e. The summed E-state index contributed by atoms with van der Waals surface area (Å²) in [6.07, 6.45) is 7.03. The first-order valence-electron chi connectivity index (χ1n) is 17.1. The number of ether oxygens (including phenoxy) is 5. The van der Waals surface area contributed by atoms with Gasteiger partial charge >= 0.3 is 5.76 Å². The number of terminal acetylenes is 1. The van der Waals surface area contributed by atoms with E-state index in [-0.39, 0.29) is 51.0 Å². The molecule has 0 spiro atoms. The second kappa shape index (κ2) is 17.8. The van der Waals surface area contributed by atoms with Gasteiger partial charge in [-0.15, -0.1) is 6.42 Å². The Balaban J connectivity index is 0.961. The summed E-state index contributed by atoms with van der Waals surface area (Å²) in [5, 5.41) is 17.3. The Morgan fingerprint density at radius 1 is 0.926 bits per heavy atom. The fourth-order valence-corrected chi connectivity index (χ4v) is 5.51. The van der Waals surface area contributed by atoms with E-state index in [1.165, 1.54) is 17.0 Å². The number of carbonyl (C=O) groups is 1. The van der Waals surface area contributed by atoms with Crippen LogP contribution in [0.2, 0.25) is 0 Å². The topological polar surface area (TPSA) is 168 Å². The number of nitrogens with zero attached hydrogens (tertiary/aromatic N) is 3. The molecule has 6 rings (SSSR count). The maximum atomic E-state index is 12.4. The van der Waals surface area contributed by atoms with Gasteiger partial charge in [-0.05, 0) is 66.6 Å². The molecule has 0 aliphatic rings. The predicted octanol–water partition coefficient (Wildman–Crippen LogP) is 4.94. The van der Waals surface area contributed by atoms with E-state index < -0.39 is 11.7 Å². The highest BCUT2D eigenvalue weighted by molar-refractivity contribution is 5.93. The van der Waals surface area contributed by atoms with Gasteiger partial charge in [-0.2, -0.15) is 0 Å². The summed E-state index contributed by atoms with van der Waals surface area (Å²) in [4.78, 5) is 33.6. The van der Waals surface area contributed by atoms with E-state index in [9.17, 15) is 14.7 Å². The van der Waals surface area contributed by atoms with Gasteiger partial charge in [0.25, 0.3) is 5.91 Å². The molecule has 4 aromatic carbocycles. The predicted molar refractivity (Wildman–Crippen MR) is 202 cm³/mol. The van der Waals surface area contributed by atoms with Crippen LogP contribution in [-0.4, -0.2) is 78.8 Å². The fourth-order valence-electron chi connectivity index (χ4n) is 5.51. The van der Waals surface area contributed by atoms with E-state index in [2.05, 4.69) is 26.5 Å². The van der Waals surface area contributed by atoms with Gasteiger partial charge in [0.2, 0.25) is 0 Å². The van der Waals surface area contributed by atoms with Gasteiger partial charge in [0.1, 0.15) is 25.4 Å². The average Bonchev–Trinajstić information content (AvgIpc) is 3.47. The molecule has 0 fully saturated rings. The Morgan fingerprint density at radius 2 is 1.76 bits per heavy atom. The molecule has 0 aliphatic heterocycles. The summed E-state index contributed by atoms with van der Waals surface area (Å²) in [7, 11) is 1.59. The van der Waals surface area contributed by atoms with Crippen LogP contribution in [0, 0.1) is 19.3 Å². The van der Waals surface area contributed by atoms with Gasteiger partial charge in [-0.3, -0.25) is 9.36 Å². The summed E-state index contributed by atoms with van der Waals surface area (Å²) in [5.74, 6) is 3.25. The van der Waals surface area contributed by atoms with Crippen molar-refractivity contribution in [3.05, 3.63) is 106 Å². The van der Waals surface area contributed by atoms with Crippen molar-refractivity contribution in [3.63, 3.8) is 0 Å². The van der Waals surface area contributed by atoms with Crippen LogP contribution in [0.1, 0.15) is 16.7 Å². The van der Waals surface area contributed by atoms with E-state index in [0.29, 0.717) is 58.1 Å². The molecule has 6 aromatic rings. The van der Waals surface area contributed by atoms with Crippen molar-refractivity contribution < 1.29 is 38.0 Å². The Bertz CT molecular complexity index is 2350. The molecule has 0 radical (unpaired) electrons. The number of methoxy groups -OCH3 is 1. The number of fused-ring (bicyclic) bond motifs is 2. The lowest BCUT2D eigenvalue weighted by molar-refractivity contribution is -0.123. The first-order chi connectivity index (χ1) is 26.3. The van der Waals surface area contributed by atoms with Gasteiger partial charge in [-0.1, -0.05) is 24.1 Å². The van der Waals surface area contributed by atoms with E-state index in [0.717, 1.165) is 16.8 Å². The molecule has 0 atom stereocenters. The fraction of sp³-hybridized carbons (Fsp3) is 0.250. The van der Waals surface area contributed by atoms with Gasteiger partial charge < -0.3 is 43.8 Å². The van der Waals surface area contributed by atoms with Gasteiger partial charge in [0, 0.05) is 36.4 Å². The Labute approximate surface area is 310 Å². The molecule has 2 aromatic heterocycles. The van der Waals surface area contributed by atoms with Crippen molar-refractivity contribution in [2.75, 3.05) is 58.6 Å². The molecule has 2 heterocycles. The van der Waals surface area contributed by atoms with Crippen molar-refractivity contribution in [2.24, 2.45) is 0 Å². The van der Waals surface area contributed by atoms with Crippen molar-refractivity contribution in [3.8, 4) is 35.3 Å². The van der Waals surface area contributed by atoms with Gasteiger partial charge in [0.15, 0.2) is 35.2 Å². The highest BCUT2D eigenvalue weighted by atomic mass is 16.6. The molecule has 0 unspecified atom stereocenters. The SMILES string of the molecule is C#Cc1cccc(Nc2ncnc3cc(OCCOC)c(OCCOCCNC(=O)COc4ccc(Cn5c(=O)oc6ccc(C)cc65)cc4O)cc23)c1.